The minimum atomic E-state index is -0.476. The Morgan fingerprint density at radius 1 is 0.854 bits per heavy atom. The van der Waals surface area contributed by atoms with E-state index in [0.29, 0.717) is 22.6 Å². The van der Waals surface area contributed by atoms with E-state index in [-0.39, 0.29) is 17.2 Å². The van der Waals surface area contributed by atoms with Crippen LogP contribution in [0.5, 0.6) is 5.75 Å². The molecule has 5 rings (SSSR count). The van der Waals surface area contributed by atoms with Crippen LogP contribution in [0.1, 0.15) is 26.3 Å². The van der Waals surface area contributed by atoms with Crippen LogP contribution in [0.15, 0.2) is 120 Å². The van der Waals surface area contributed by atoms with Gasteiger partial charge in [0.05, 0.1) is 12.9 Å². The number of ketones is 1. The number of methoxy groups -OCH3 is 1. The summed E-state index contributed by atoms with van der Waals surface area (Å²) in [6.07, 6.45) is 3.45. The van der Waals surface area contributed by atoms with Gasteiger partial charge in [0.2, 0.25) is 0 Å². The van der Waals surface area contributed by atoms with Crippen molar-refractivity contribution in [2.75, 3.05) is 18.2 Å². The molecule has 41 heavy (non-hydrogen) atoms. The van der Waals surface area contributed by atoms with Crippen LogP contribution in [-0.4, -0.2) is 35.4 Å². The van der Waals surface area contributed by atoms with Gasteiger partial charge < -0.3 is 20.4 Å². The molecule has 0 aliphatic carbocycles. The average molecular weight is 562 g/mol. The Bertz CT molecular complexity index is 1730. The first-order valence-corrected chi connectivity index (χ1v) is 13.8. The summed E-state index contributed by atoms with van der Waals surface area (Å²) >= 11 is 1.38. The van der Waals surface area contributed by atoms with Crippen molar-refractivity contribution in [2.45, 2.75) is 4.90 Å². The number of fused-ring (bicyclic) bond motifs is 1. The highest BCUT2D eigenvalue weighted by Gasteiger charge is 2.16. The van der Waals surface area contributed by atoms with Crippen LogP contribution in [0.3, 0.4) is 0 Å². The van der Waals surface area contributed by atoms with Gasteiger partial charge >= 0.3 is 0 Å². The minimum Gasteiger partial charge on any atom is -0.497 e. The number of aromatic amines is 1. The van der Waals surface area contributed by atoms with Gasteiger partial charge in [-0.15, -0.1) is 11.8 Å². The molecule has 0 aliphatic rings. The SMILES string of the molecule is COc1ccc(C(=O)CSc2cccc(NC(=O)/C(=C/c3c[nH]c4ccccc34)NC(=O)c3ccccc3)c2)cc1. The molecule has 7 nitrogen and oxygen atoms in total. The summed E-state index contributed by atoms with van der Waals surface area (Å²) in [4.78, 5) is 43.1. The number of anilines is 1. The highest BCUT2D eigenvalue weighted by molar-refractivity contribution is 8.00. The molecule has 1 aromatic heterocycles. The number of ether oxygens (including phenoxy) is 1. The largest absolute Gasteiger partial charge is 0.497 e. The highest BCUT2D eigenvalue weighted by Crippen LogP contribution is 2.24. The second kappa shape index (κ2) is 12.8. The number of H-pyrrole nitrogens is 1. The fourth-order valence-electron chi connectivity index (χ4n) is 4.18. The second-order valence-electron chi connectivity index (χ2n) is 9.09. The number of aromatic nitrogens is 1. The molecule has 5 aromatic rings. The molecular weight excluding hydrogens is 534 g/mol. The van der Waals surface area contributed by atoms with E-state index in [1.54, 1.807) is 86.1 Å². The molecule has 4 aromatic carbocycles. The van der Waals surface area contributed by atoms with Crippen molar-refractivity contribution in [1.82, 2.24) is 10.3 Å². The number of thioether (sulfide) groups is 1. The number of Topliss-reactive ketones (excluding diaryl/α,β-unsaturated/α-hetero) is 1. The van der Waals surface area contributed by atoms with Gasteiger partial charge in [0.15, 0.2) is 5.78 Å². The number of nitrogens with one attached hydrogen (secondary N) is 3. The van der Waals surface area contributed by atoms with Crippen molar-refractivity contribution in [3.8, 4) is 5.75 Å². The van der Waals surface area contributed by atoms with Gasteiger partial charge in [-0.3, -0.25) is 14.4 Å². The Kier molecular flexibility index (Phi) is 8.61. The van der Waals surface area contributed by atoms with Crippen LogP contribution in [-0.2, 0) is 4.79 Å². The first kappa shape index (κ1) is 27.5. The highest BCUT2D eigenvalue weighted by atomic mass is 32.2. The Hall–Kier alpha value is -5.08. The van der Waals surface area contributed by atoms with Crippen molar-refractivity contribution in [1.29, 1.82) is 0 Å². The zero-order valence-corrected chi connectivity index (χ0v) is 23.0. The summed E-state index contributed by atoms with van der Waals surface area (Å²) < 4.78 is 5.15. The van der Waals surface area contributed by atoms with Crippen molar-refractivity contribution in [3.05, 3.63) is 132 Å². The molecule has 3 N–H and O–H groups in total. The molecule has 0 atom stereocenters. The molecule has 204 valence electrons. The predicted octanol–water partition coefficient (Wildman–Crippen LogP) is 6.56. The lowest BCUT2D eigenvalue weighted by Crippen LogP contribution is -2.30. The standard InChI is InChI=1S/C33H27N3O4S/c1-40-26-16-14-22(15-17-26)31(37)21-41-27-11-7-10-25(19-27)35-33(39)30(36-32(38)23-8-3-2-4-9-23)18-24-20-34-29-13-6-5-12-28(24)29/h2-20,34H,21H2,1H3,(H,35,39)(H,36,38)/b30-18-. The maximum Gasteiger partial charge on any atom is 0.272 e. The fraction of sp³-hybridized carbons (Fsp3) is 0.0606. The lowest BCUT2D eigenvalue weighted by molar-refractivity contribution is -0.113. The maximum atomic E-state index is 13.5. The number of hydrogen-bond acceptors (Lipinski definition) is 5. The van der Waals surface area contributed by atoms with E-state index >= 15 is 0 Å². The third-order valence-corrected chi connectivity index (χ3v) is 7.32. The van der Waals surface area contributed by atoms with Gasteiger partial charge in [-0.1, -0.05) is 42.5 Å². The first-order chi connectivity index (χ1) is 20.0. The van der Waals surface area contributed by atoms with Gasteiger partial charge in [0.25, 0.3) is 11.8 Å². The normalized spacial score (nSPS) is 11.2. The van der Waals surface area contributed by atoms with Crippen LogP contribution in [0.2, 0.25) is 0 Å². The van der Waals surface area contributed by atoms with Gasteiger partial charge in [0.1, 0.15) is 11.4 Å². The Balaban J connectivity index is 1.33. The molecule has 0 spiro atoms. The lowest BCUT2D eigenvalue weighted by Gasteiger charge is -2.12. The van der Waals surface area contributed by atoms with Crippen molar-refractivity contribution < 1.29 is 19.1 Å². The smallest absolute Gasteiger partial charge is 0.272 e. The summed E-state index contributed by atoms with van der Waals surface area (Å²) in [5.41, 5.74) is 3.35. The number of benzene rings is 4. The third kappa shape index (κ3) is 6.93. The van der Waals surface area contributed by atoms with E-state index < -0.39 is 11.8 Å². The summed E-state index contributed by atoms with van der Waals surface area (Å²) in [7, 11) is 1.58. The van der Waals surface area contributed by atoms with E-state index in [1.807, 2.05) is 36.4 Å². The lowest BCUT2D eigenvalue weighted by atomic mass is 10.1. The molecule has 0 unspecified atom stereocenters. The van der Waals surface area contributed by atoms with E-state index in [2.05, 4.69) is 15.6 Å². The van der Waals surface area contributed by atoms with Crippen molar-refractivity contribution in [3.63, 3.8) is 0 Å². The molecule has 0 saturated carbocycles. The number of para-hydroxylation sites is 1. The zero-order chi connectivity index (χ0) is 28.6. The summed E-state index contributed by atoms with van der Waals surface area (Å²) in [6.45, 7) is 0. The molecule has 0 fully saturated rings. The predicted molar refractivity (Wildman–Crippen MR) is 163 cm³/mol. The molecule has 0 radical (unpaired) electrons. The molecule has 0 aliphatic heterocycles. The third-order valence-electron chi connectivity index (χ3n) is 6.32. The minimum absolute atomic E-state index is 0.0142. The van der Waals surface area contributed by atoms with E-state index in [0.717, 1.165) is 21.4 Å². The number of carbonyl (C=O) groups excluding carboxylic acids is 3. The second-order valence-corrected chi connectivity index (χ2v) is 10.1. The quantitative estimate of drug-likeness (QED) is 0.102. The Labute approximate surface area is 241 Å². The fourth-order valence-corrected chi connectivity index (χ4v) is 5.03. The molecule has 0 saturated heterocycles. The first-order valence-electron chi connectivity index (χ1n) is 12.9. The summed E-state index contributed by atoms with van der Waals surface area (Å²) in [5, 5.41) is 6.59. The van der Waals surface area contributed by atoms with Gasteiger partial charge in [-0.2, -0.15) is 0 Å². The van der Waals surface area contributed by atoms with Crippen LogP contribution in [0.25, 0.3) is 17.0 Å². The molecular formula is C33H27N3O4S. The van der Waals surface area contributed by atoms with Gasteiger partial charge in [0, 0.05) is 44.4 Å². The van der Waals surface area contributed by atoms with Gasteiger partial charge in [-0.25, -0.2) is 0 Å². The number of hydrogen-bond donors (Lipinski definition) is 3. The maximum absolute atomic E-state index is 13.5. The van der Waals surface area contributed by atoms with E-state index in [9.17, 15) is 14.4 Å². The van der Waals surface area contributed by atoms with Crippen molar-refractivity contribution in [2.24, 2.45) is 0 Å². The number of amides is 2. The Morgan fingerprint density at radius 2 is 1.61 bits per heavy atom. The molecule has 2 amide bonds. The van der Waals surface area contributed by atoms with Crippen molar-refractivity contribution >= 4 is 52.0 Å². The molecule has 8 heteroatoms. The van der Waals surface area contributed by atoms with Crippen LogP contribution < -0.4 is 15.4 Å². The summed E-state index contributed by atoms with van der Waals surface area (Å²) in [5.74, 6) is 0.0438. The topological polar surface area (TPSA) is 100 Å². The monoisotopic (exact) mass is 561 g/mol. The number of carbonyl (C=O) groups is 3. The van der Waals surface area contributed by atoms with E-state index in [4.69, 9.17) is 4.74 Å². The van der Waals surface area contributed by atoms with Crippen LogP contribution in [0, 0.1) is 0 Å². The Morgan fingerprint density at radius 3 is 2.39 bits per heavy atom. The van der Waals surface area contributed by atoms with Crippen LogP contribution >= 0.6 is 11.8 Å². The number of rotatable bonds is 10. The molecule has 0 bridgehead atoms. The van der Waals surface area contributed by atoms with Crippen LogP contribution in [0.4, 0.5) is 5.69 Å². The summed E-state index contributed by atoms with van der Waals surface area (Å²) in [6, 6.07) is 30.7. The van der Waals surface area contributed by atoms with Gasteiger partial charge in [-0.05, 0) is 66.7 Å². The molecule has 1 heterocycles. The zero-order valence-electron chi connectivity index (χ0n) is 22.2. The average Bonchev–Trinajstić information content (AvgIpc) is 3.42. The van der Waals surface area contributed by atoms with E-state index in [1.165, 1.54) is 11.8 Å².